The van der Waals surface area contributed by atoms with Gasteiger partial charge < -0.3 is 10.4 Å². The lowest BCUT2D eigenvalue weighted by Gasteiger charge is -2.22. The number of benzene rings is 1. The van der Waals surface area contributed by atoms with Crippen LogP contribution in [-0.2, 0) is 9.59 Å². The normalized spacial score (nSPS) is 12.9. The Labute approximate surface area is 115 Å². The summed E-state index contributed by atoms with van der Waals surface area (Å²) in [6.45, 7) is 4.59. The third-order valence-corrected chi connectivity index (χ3v) is 3.35. The molecule has 0 bridgehead atoms. The van der Waals surface area contributed by atoms with Gasteiger partial charge in [0.05, 0.1) is 6.04 Å². The third kappa shape index (κ3) is 3.32. The van der Waals surface area contributed by atoms with Gasteiger partial charge in [-0.3, -0.25) is 9.59 Å². The van der Waals surface area contributed by atoms with Gasteiger partial charge in [-0.25, -0.2) is 0 Å². The van der Waals surface area contributed by atoms with E-state index in [1.165, 1.54) is 13.8 Å². The maximum Gasteiger partial charge on any atom is 0.318 e. The molecule has 18 heavy (non-hydrogen) atoms. The van der Waals surface area contributed by atoms with Gasteiger partial charge in [-0.1, -0.05) is 28.1 Å². The predicted octanol–water partition coefficient (Wildman–Crippen LogP) is 2.74. The Bertz CT molecular complexity index is 454. The van der Waals surface area contributed by atoms with E-state index < -0.39 is 17.3 Å². The Balaban J connectivity index is 2.76. The van der Waals surface area contributed by atoms with Crippen molar-refractivity contribution in [1.29, 1.82) is 0 Å². The molecule has 0 aromatic heterocycles. The second-order valence-corrected chi connectivity index (χ2v) is 5.59. The highest BCUT2D eigenvalue weighted by molar-refractivity contribution is 9.10. The molecule has 2 N–H and O–H groups in total. The Hall–Kier alpha value is -1.36. The number of amides is 1. The van der Waals surface area contributed by atoms with Gasteiger partial charge in [0.25, 0.3) is 0 Å². The van der Waals surface area contributed by atoms with Crippen LogP contribution in [0.15, 0.2) is 28.7 Å². The summed E-state index contributed by atoms with van der Waals surface area (Å²) in [5, 5.41) is 11.7. The zero-order chi connectivity index (χ0) is 13.9. The molecule has 5 heteroatoms. The van der Waals surface area contributed by atoms with Gasteiger partial charge in [-0.05, 0) is 38.5 Å². The highest BCUT2D eigenvalue weighted by atomic mass is 79.9. The molecular formula is C13H16BrNO3. The van der Waals surface area contributed by atoms with Crippen molar-refractivity contribution in [2.75, 3.05) is 0 Å². The van der Waals surface area contributed by atoms with Crippen molar-refractivity contribution in [2.24, 2.45) is 5.41 Å². The fourth-order valence-electron chi connectivity index (χ4n) is 1.31. The van der Waals surface area contributed by atoms with E-state index in [0.29, 0.717) is 0 Å². The number of halogens is 1. The molecule has 0 saturated carbocycles. The number of aliphatic carboxylic acids is 1. The number of hydrogen-bond acceptors (Lipinski definition) is 2. The summed E-state index contributed by atoms with van der Waals surface area (Å²) in [4.78, 5) is 22.8. The lowest BCUT2D eigenvalue weighted by Crippen LogP contribution is -2.43. The highest BCUT2D eigenvalue weighted by Gasteiger charge is 2.36. The summed E-state index contributed by atoms with van der Waals surface area (Å²) in [6, 6.07) is 7.27. The lowest BCUT2D eigenvalue weighted by molar-refractivity contribution is -0.153. The number of nitrogens with one attached hydrogen (secondary N) is 1. The SMILES string of the molecule is CC(NC(=O)C(C)(C)C(=O)O)c1ccc(Br)cc1. The second-order valence-electron chi connectivity index (χ2n) is 4.68. The molecule has 1 atom stereocenters. The number of hydrogen-bond donors (Lipinski definition) is 2. The van der Waals surface area contributed by atoms with Gasteiger partial charge in [0, 0.05) is 4.47 Å². The van der Waals surface area contributed by atoms with Crippen LogP contribution in [-0.4, -0.2) is 17.0 Å². The number of carbonyl (C=O) groups is 2. The standard InChI is InChI=1S/C13H16BrNO3/c1-8(9-4-6-10(14)7-5-9)15-11(16)13(2,3)12(17)18/h4-8H,1-3H3,(H,15,16)(H,17,18). The monoisotopic (exact) mass is 313 g/mol. The number of carboxylic acid groups (broad SMARTS) is 1. The lowest BCUT2D eigenvalue weighted by atomic mass is 9.92. The summed E-state index contributed by atoms with van der Waals surface area (Å²) in [7, 11) is 0. The minimum atomic E-state index is -1.43. The van der Waals surface area contributed by atoms with Crippen molar-refractivity contribution in [1.82, 2.24) is 5.32 Å². The van der Waals surface area contributed by atoms with Crippen molar-refractivity contribution in [3.63, 3.8) is 0 Å². The quantitative estimate of drug-likeness (QED) is 0.840. The van der Waals surface area contributed by atoms with Gasteiger partial charge in [0.15, 0.2) is 0 Å². The van der Waals surface area contributed by atoms with Crippen LogP contribution < -0.4 is 5.32 Å². The van der Waals surface area contributed by atoms with Gasteiger partial charge in [-0.15, -0.1) is 0 Å². The molecule has 0 aliphatic heterocycles. The van der Waals surface area contributed by atoms with Crippen molar-refractivity contribution in [3.8, 4) is 0 Å². The van der Waals surface area contributed by atoms with Gasteiger partial charge in [0.2, 0.25) is 5.91 Å². The summed E-state index contributed by atoms with van der Waals surface area (Å²) >= 11 is 3.33. The average Bonchev–Trinajstić information content (AvgIpc) is 2.29. The fraction of sp³-hybridized carbons (Fsp3) is 0.385. The van der Waals surface area contributed by atoms with Crippen molar-refractivity contribution >= 4 is 27.8 Å². The molecule has 0 aliphatic carbocycles. The molecule has 1 amide bonds. The Morgan fingerprint density at radius 3 is 2.22 bits per heavy atom. The second kappa shape index (κ2) is 5.52. The maximum absolute atomic E-state index is 11.9. The van der Waals surface area contributed by atoms with Crippen molar-refractivity contribution < 1.29 is 14.7 Å². The third-order valence-electron chi connectivity index (χ3n) is 2.82. The Morgan fingerprint density at radius 2 is 1.78 bits per heavy atom. The van der Waals surface area contributed by atoms with E-state index in [2.05, 4.69) is 21.2 Å². The van der Waals surface area contributed by atoms with Crippen molar-refractivity contribution in [3.05, 3.63) is 34.3 Å². The summed E-state index contributed by atoms with van der Waals surface area (Å²) in [6.07, 6.45) is 0. The molecule has 0 aliphatic rings. The van der Waals surface area contributed by atoms with Crippen LogP contribution in [0.3, 0.4) is 0 Å². The van der Waals surface area contributed by atoms with Crippen LogP contribution in [0.2, 0.25) is 0 Å². The van der Waals surface area contributed by atoms with Crippen LogP contribution >= 0.6 is 15.9 Å². The molecule has 1 unspecified atom stereocenters. The molecule has 0 radical (unpaired) electrons. The van der Waals surface area contributed by atoms with Crippen LogP contribution in [0.4, 0.5) is 0 Å². The van der Waals surface area contributed by atoms with E-state index in [0.717, 1.165) is 10.0 Å². The zero-order valence-electron chi connectivity index (χ0n) is 10.5. The molecule has 0 heterocycles. The van der Waals surface area contributed by atoms with Gasteiger partial charge >= 0.3 is 5.97 Å². The largest absolute Gasteiger partial charge is 0.480 e. The fourth-order valence-corrected chi connectivity index (χ4v) is 1.57. The molecule has 0 fully saturated rings. The van der Waals surface area contributed by atoms with Crippen LogP contribution in [0.1, 0.15) is 32.4 Å². The first-order valence-corrected chi connectivity index (χ1v) is 6.34. The first kappa shape index (κ1) is 14.7. The predicted molar refractivity (Wildman–Crippen MR) is 72.1 cm³/mol. The number of carboxylic acids is 1. The molecule has 4 nitrogen and oxygen atoms in total. The first-order valence-electron chi connectivity index (χ1n) is 5.55. The zero-order valence-corrected chi connectivity index (χ0v) is 12.1. The van der Waals surface area contributed by atoms with Crippen LogP contribution in [0.25, 0.3) is 0 Å². The first-order chi connectivity index (χ1) is 8.25. The average molecular weight is 314 g/mol. The van der Waals surface area contributed by atoms with Gasteiger partial charge in [-0.2, -0.15) is 0 Å². The van der Waals surface area contributed by atoms with E-state index in [-0.39, 0.29) is 6.04 Å². The molecule has 1 aromatic carbocycles. The van der Waals surface area contributed by atoms with Crippen molar-refractivity contribution in [2.45, 2.75) is 26.8 Å². The Kier molecular flexibility index (Phi) is 4.51. The van der Waals surface area contributed by atoms with E-state index in [1.807, 2.05) is 31.2 Å². The summed E-state index contributed by atoms with van der Waals surface area (Å²) in [5.41, 5.74) is -0.503. The van der Waals surface area contributed by atoms with Crippen LogP contribution in [0, 0.1) is 5.41 Å². The minimum absolute atomic E-state index is 0.232. The van der Waals surface area contributed by atoms with E-state index in [9.17, 15) is 9.59 Å². The van der Waals surface area contributed by atoms with E-state index in [1.54, 1.807) is 0 Å². The van der Waals surface area contributed by atoms with E-state index in [4.69, 9.17) is 5.11 Å². The van der Waals surface area contributed by atoms with E-state index >= 15 is 0 Å². The summed E-state index contributed by atoms with van der Waals surface area (Å²) in [5.74, 6) is -1.63. The topological polar surface area (TPSA) is 66.4 Å². The molecular weight excluding hydrogens is 298 g/mol. The smallest absolute Gasteiger partial charge is 0.318 e. The molecule has 0 spiro atoms. The minimum Gasteiger partial charge on any atom is -0.480 e. The molecule has 1 rings (SSSR count). The molecule has 1 aromatic rings. The number of rotatable bonds is 4. The highest BCUT2D eigenvalue weighted by Crippen LogP contribution is 2.20. The maximum atomic E-state index is 11.9. The molecule has 98 valence electrons. The van der Waals surface area contributed by atoms with Gasteiger partial charge in [0.1, 0.15) is 5.41 Å². The molecule has 0 saturated heterocycles. The Morgan fingerprint density at radius 1 is 1.28 bits per heavy atom. The number of carbonyl (C=O) groups excluding carboxylic acids is 1. The summed E-state index contributed by atoms with van der Waals surface area (Å²) < 4.78 is 0.954. The van der Waals surface area contributed by atoms with Crippen LogP contribution in [0.5, 0.6) is 0 Å².